The molecule has 0 aromatic carbocycles. The molecule has 0 bridgehead atoms. The van der Waals surface area contributed by atoms with Crippen molar-refractivity contribution in [2.24, 2.45) is 5.92 Å². The van der Waals surface area contributed by atoms with Crippen LogP contribution in [-0.2, 0) is 6.54 Å². The predicted molar refractivity (Wildman–Crippen MR) is 161 cm³/mol. The van der Waals surface area contributed by atoms with E-state index in [4.69, 9.17) is 11.6 Å². The maximum absolute atomic E-state index is 13.2. The zero-order chi connectivity index (χ0) is 28.0. The zero-order valence-electron chi connectivity index (χ0n) is 24.2. The first-order valence-electron chi connectivity index (χ1n) is 13.6. The van der Waals surface area contributed by atoms with Crippen molar-refractivity contribution in [3.63, 3.8) is 0 Å². The summed E-state index contributed by atoms with van der Waals surface area (Å²) in [6.45, 7) is 21.1. The Balaban J connectivity index is 2.59. The van der Waals surface area contributed by atoms with Crippen LogP contribution in [0.3, 0.4) is 0 Å². The molecule has 0 aliphatic heterocycles. The van der Waals surface area contributed by atoms with Crippen molar-refractivity contribution in [1.82, 2.24) is 14.6 Å². The zero-order valence-corrected chi connectivity index (χ0v) is 25.8. The summed E-state index contributed by atoms with van der Waals surface area (Å²) in [7, 11) is 0. The molecule has 1 aromatic heterocycles. The third kappa shape index (κ3) is 9.35. The second-order valence-electron chi connectivity index (χ2n) is 11.9. The number of rotatable bonds is 11. The second kappa shape index (κ2) is 13.5. The highest BCUT2D eigenvalue weighted by Crippen LogP contribution is 2.36. The van der Waals surface area contributed by atoms with Crippen molar-refractivity contribution >= 4 is 35.0 Å². The fraction of sp³-hybridized carbons (Fsp3) is 0.633. The molecule has 7 heteroatoms. The summed E-state index contributed by atoms with van der Waals surface area (Å²) in [6, 6.07) is 1.94. The molecule has 0 radical (unpaired) electrons. The molecule has 0 saturated heterocycles. The van der Waals surface area contributed by atoms with Crippen LogP contribution in [0.4, 0.5) is 0 Å². The summed E-state index contributed by atoms with van der Waals surface area (Å²) in [5, 5.41) is 13.7. The Hall–Kier alpha value is -1.47. The van der Waals surface area contributed by atoms with E-state index in [2.05, 4.69) is 55.8 Å². The van der Waals surface area contributed by atoms with Crippen LogP contribution in [0.15, 0.2) is 34.2 Å². The Kier molecular flexibility index (Phi) is 11.6. The van der Waals surface area contributed by atoms with E-state index in [1.807, 2.05) is 19.1 Å². The highest BCUT2D eigenvalue weighted by Gasteiger charge is 2.25. The van der Waals surface area contributed by atoms with Gasteiger partial charge >= 0.3 is 0 Å². The third-order valence-electron chi connectivity index (χ3n) is 6.72. The van der Waals surface area contributed by atoms with Crippen LogP contribution in [-0.4, -0.2) is 33.3 Å². The lowest BCUT2D eigenvalue weighted by molar-refractivity contribution is 0.0694. The van der Waals surface area contributed by atoms with E-state index in [1.54, 1.807) is 25.8 Å². The van der Waals surface area contributed by atoms with Crippen molar-refractivity contribution in [3.05, 3.63) is 51.2 Å². The van der Waals surface area contributed by atoms with Crippen LogP contribution < -0.4 is 10.0 Å². The van der Waals surface area contributed by atoms with E-state index < -0.39 is 5.60 Å². The lowest BCUT2D eigenvalue weighted by Crippen LogP contribution is -2.38. The van der Waals surface area contributed by atoms with Gasteiger partial charge in [-0.15, -0.1) is 0 Å². The number of amides is 1. The first-order valence-corrected chi connectivity index (χ1v) is 14.7. The number of hydrogen-bond donors (Lipinski definition) is 3. The largest absolute Gasteiger partial charge is 0.389 e. The molecule has 1 heterocycles. The summed E-state index contributed by atoms with van der Waals surface area (Å²) < 4.78 is 5.76. The SMILES string of the molecule is C=C/C(=C(Cl)\C(C)=C(/CC)SNC(C)(C)C)c1cc(C(=O)NCC(C)(C)O)c(C)n1CC1CCCCC1. The highest BCUT2D eigenvalue weighted by molar-refractivity contribution is 8.01. The van der Waals surface area contributed by atoms with Gasteiger partial charge in [-0.3, -0.25) is 9.52 Å². The summed E-state index contributed by atoms with van der Waals surface area (Å²) >= 11 is 8.72. The third-order valence-corrected chi connectivity index (χ3v) is 8.77. The van der Waals surface area contributed by atoms with Gasteiger partial charge in [0.05, 0.1) is 21.9 Å². The Labute approximate surface area is 234 Å². The number of carbonyl (C=O) groups excluding carboxylic acids is 1. The predicted octanol–water partition coefficient (Wildman–Crippen LogP) is 7.73. The average Bonchev–Trinajstić information content (AvgIpc) is 3.13. The Morgan fingerprint density at radius 3 is 2.38 bits per heavy atom. The second-order valence-corrected chi connectivity index (χ2v) is 13.2. The molecule has 3 N–H and O–H groups in total. The monoisotopic (exact) mass is 549 g/mol. The molecule has 208 valence electrons. The number of nitrogens with one attached hydrogen (secondary N) is 2. The number of carbonyl (C=O) groups is 1. The summed E-state index contributed by atoms with van der Waals surface area (Å²) in [6.07, 6.45) is 8.87. The van der Waals surface area contributed by atoms with Crippen molar-refractivity contribution in [2.45, 2.75) is 112 Å². The number of nitrogens with zero attached hydrogens (tertiary/aromatic N) is 1. The molecule has 1 amide bonds. The number of allylic oxidation sites excluding steroid dienone is 5. The van der Waals surface area contributed by atoms with Gasteiger partial charge in [-0.05, 0) is 97.2 Å². The van der Waals surface area contributed by atoms with Crippen LogP contribution in [0, 0.1) is 12.8 Å². The number of aromatic nitrogens is 1. The minimum absolute atomic E-state index is 0.0277. The van der Waals surface area contributed by atoms with Gasteiger partial charge in [0.2, 0.25) is 0 Å². The normalized spacial score (nSPS) is 16.8. The van der Waals surface area contributed by atoms with Gasteiger partial charge in [0.15, 0.2) is 0 Å². The maximum atomic E-state index is 13.2. The molecule has 0 spiro atoms. The van der Waals surface area contributed by atoms with Crippen molar-refractivity contribution in [2.75, 3.05) is 6.54 Å². The van der Waals surface area contributed by atoms with Crippen molar-refractivity contribution in [3.8, 4) is 0 Å². The Morgan fingerprint density at radius 1 is 1.24 bits per heavy atom. The van der Waals surface area contributed by atoms with Crippen LogP contribution in [0.5, 0.6) is 0 Å². The van der Waals surface area contributed by atoms with Crippen LogP contribution in [0.2, 0.25) is 0 Å². The Morgan fingerprint density at radius 2 is 1.86 bits per heavy atom. The minimum Gasteiger partial charge on any atom is -0.389 e. The first kappa shape index (κ1) is 31.7. The fourth-order valence-corrected chi connectivity index (χ4v) is 5.79. The van der Waals surface area contributed by atoms with Gasteiger partial charge in [0.1, 0.15) is 0 Å². The molecule has 2 rings (SSSR count). The van der Waals surface area contributed by atoms with Gasteiger partial charge < -0.3 is 15.0 Å². The van der Waals surface area contributed by atoms with E-state index >= 15 is 0 Å². The standard InChI is InChI=1S/C30H48ClN3O2S/c1-10-23(27(31)20(3)26(11-2)37-33-29(5,6)7)25-17-24(28(35)32-19-30(8,9)36)21(4)34(25)18-22-15-13-12-14-16-22/h10,17,22,33,36H,1,11-16,18-19H2,2-9H3,(H,32,35)/b26-20+,27-23-. The van der Waals surface area contributed by atoms with Gasteiger partial charge in [-0.25, -0.2) is 0 Å². The highest BCUT2D eigenvalue weighted by atomic mass is 35.5. The summed E-state index contributed by atoms with van der Waals surface area (Å²) in [5.41, 5.74) is 3.28. The average molecular weight is 550 g/mol. The van der Waals surface area contributed by atoms with Crippen molar-refractivity contribution in [1.29, 1.82) is 0 Å². The van der Waals surface area contributed by atoms with E-state index in [0.29, 0.717) is 16.5 Å². The van der Waals surface area contributed by atoms with Gasteiger partial charge in [0.25, 0.3) is 5.91 Å². The number of halogens is 1. The number of aliphatic hydroxyl groups is 1. The van der Waals surface area contributed by atoms with E-state index in [1.165, 1.54) is 37.0 Å². The maximum Gasteiger partial charge on any atom is 0.253 e. The summed E-state index contributed by atoms with van der Waals surface area (Å²) in [5.74, 6) is 0.388. The van der Waals surface area contributed by atoms with Crippen LogP contribution in [0.1, 0.15) is 109 Å². The molecule has 1 aromatic rings. The lowest BCUT2D eigenvalue weighted by Gasteiger charge is -2.25. The molecule has 1 saturated carbocycles. The fourth-order valence-electron chi connectivity index (χ4n) is 4.61. The van der Waals surface area contributed by atoms with E-state index in [9.17, 15) is 9.90 Å². The van der Waals surface area contributed by atoms with Gasteiger partial charge in [0, 0.05) is 34.8 Å². The molecule has 37 heavy (non-hydrogen) atoms. The molecule has 5 nitrogen and oxygen atoms in total. The smallest absolute Gasteiger partial charge is 0.253 e. The molecule has 1 aliphatic carbocycles. The first-order chi connectivity index (χ1) is 17.2. The number of hydrogen-bond acceptors (Lipinski definition) is 4. The van der Waals surface area contributed by atoms with Crippen LogP contribution in [0.25, 0.3) is 5.57 Å². The minimum atomic E-state index is -0.982. The van der Waals surface area contributed by atoms with Gasteiger partial charge in [-0.1, -0.05) is 50.4 Å². The quantitative estimate of drug-likeness (QED) is 0.195. The molecule has 0 unspecified atom stereocenters. The van der Waals surface area contributed by atoms with Crippen LogP contribution >= 0.6 is 23.5 Å². The molecule has 1 aliphatic rings. The molecular weight excluding hydrogens is 502 g/mol. The molecule has 0 atom stereocenters. The molecular formula is C30H48ClN3O2S. The Bertz CT molecular complexity index is 1020. The van der Waals surface area contributed by atoms with E-state index in [0.717, 1.165) is 35.5 Å². The van der Waals surface area contributed by atoms with E-state index in [-0.39, 0.29) is 18.0 Å². The topological polar surface area (TPSA) is 66.3 Å². The molecule has 1 fully saturated rings. The van der Waals surface area contributed by atoms with Gasteiger partial charge in [-0.2, -0.15) is 0 Å². The summed E-state index contributed by atoms with van der Waals surface area (Å²) in [4.78, 5) is 14.4. The lowest BCUT2D eigenvalue weighted by atomic mass is 9.89. The van der Waals surface area contributed by atoms with Crippen molar-refractivity contribution < 1.29 is 9.90 Å².